The predicted octanol–water partition coefficient (Wildman–Crippen LogP) is 2.72. The first kappa shape index (κ1) is 10.7. The third kappa shape index (κ3) is 2.02. The first-order valence-electron chi connectivity index (χ1n) is 5.64. The maximum absolute atomic E-state index is 5.54. The molecule has 2 aliphatic rings. The van der Waals surface area contributed by atoms with Crippen molar-refractivity contribution in [1.29, 1.82) is 0 Å². The van der Waals surface area contributed by atoms with Crippen molar-refractivity contribution >= 4 is 11.8 Å². The predicted molar refractivity (Wildman–Crippen MR) is 65.6 cm³/mol. The SMILES string of the molecule is Nc1ncc(C2=COC(C3=CC=CCC3)=CO2)o1. The van der Waals surface area contributed by atoms with Crippen molar-refractivity contribution in [3.8, 4) is 0 Å². The maximum Gasteiger partial charge on any atom is 0.292 e. The molecule has 18 heavy (non-hydrogen) atoms. The molecule has 0 saturated carbocycles. The molecule has 5 nitrogen and oxygen atoms in total. The normalized spacial score (nSPS) is 18.3. The number of oxazole rings is 1. The monoisotopic (exact) mass is 244 g/mol. The smallest absolute Gasteiger partial charge is 0.292 e. The van der Waals surface area contributed by atoms with Crippen LogP contribution in [-0.2, 0) is 9.47 Å². The minimum Gasteiger partial charge on any atom is -0.457 e. The zero-order valence-electron chi connectivity index (χ0n) is 9.63. The fourth-order valence-corrected chi connectivity index (χ4v) is 1.77. The van der Waals surface area contributed by atoms with Crippen LogP contribution in [0.4, 0.5) is 6.01 Å². The summed E-state index contributed by atoms with van der Waals surface area (Å²) in [5.74, 6) is 1.62. The highest BCUT2D eigenvalue weighted by atomic mass is 16.5. The van der Waals surface area contributed by atoms with Crippen molar-refractivity contribution in [2.45, 2.75) is 12.8 Å². The molecule has 0 aromatic carbocycles. The lowest BCUT2D eigenvalue weighted by Crippen LogP contribution is -2.01. The van der Waals surface area contributed by atoms with E-state index in [1.807, 2.05) is 12.2 Å². The topological polar surface area (TPSA) is 70.5 Å². The van der Waals surface area contributed by atoms with Gasteiger partial charge in [0, 0.05) is 0 Å². The summed E-state index contributed by atoms with van der Waals surface area (Å²) in [4.78, 5) is 3.79. The van der Waals surface area contributed by atoms with Crippen LogP contribution in [0.25, 0.3) is 5.76 Å². The molecule has 0 radical (unpaired) electrons. The molecule has 2 N–H and O–H groups in total. The van der Waals surface area contributed by atoms with Crippen LogP contribution >= 0.6 is 0 Å². The molecule has 1 aromatic heterocycles. The Hall–Kier alpha value is -2.43. The zero-order chi connectivity index (χ0) is 12.4. The Labute approximate surface area is 104 Å². The molecule has 0 saturated heterocycles. The van der Waals surface area contributed by atoms with Crippen LogP contribution < -0.4 is 5.73 Å². The number of nitrogen functional groups attached to an aromatic ring is 1. The van der Waals surface area contributed by atoms with Crippen molar-refractivity contribution in [3.63, 3.8) is 0 Å². The Morgan fingerprint density at radius 2 is 2.00 bits per heavy atom. The summed E-state index contributed by atoms with van der Waals surface area (Å²) in [5, 5.41) is 0. The standard InChI is InChI=1S/C13H12N2O3/c14-13-15-6-10(18-13)12-8-16-11(7-17-12)9-4-2-1-3-5-9/h1-2,4,6-8H,3,5H2,(H2,14,15). The number of hydrogen-bond donors (Lipinski definition) is 1. The van der Waals surface area contributed by atoms with Crippen molar-refractivity contribution in [1.82, 2.24) is 4.98 Å². The molecule has 92 valence electrons. The second kappa shape index (κ2) is 4.44. The van der Waals surface area contributed by atoms with Gasteiger partial charge in [-0.2, -0.15) is 0 Å². The van der Waals surface area contributed by atoms with E-state index in [0.29, 0.717) is 11.5 Å². The van der Waals surface area contributed by atoms with Gasteiger partial charge < -0.3 is 19.6 Å². The molecule has 5 heteroatoms. The lowest BCUT2D eigenvalue weighted by molar-refractivity contribution is 0.275. The van der Waals surface area contributed by atoms with E-state index in [9.17, 15) is 0 Å². The van der Waals surface area contributed by atoms with Gasteiger partial charge in [0.2, 0.25) is 5.76 Å². The molecule has 0 amide bonds. The molecule has 0 fully saturated rings. The minimum absolute atomic E-state index is 0.101. The number of hydrogen-bond acceptors (Lipinski definition) is 5. The third-order valence-corrected chi connectivity index (χ3v) is 2.68. The first-order valence-corrected chi connectivity index (χ1v) is 5.64. The van der Waals surface area contributed by atoms with Crippen LogP contribution in [0.3, 0.4) is 0 Å². The Morgan fingerprint density at radius 3 is 2.61 bits per heavy atom. The van der Waals surface area contributed by atoms with Crippen LogP contribution in [0.15, 0.2) is 52.7 Å². The van der Waals surface area contributed by atoms with Gasteiger partial charge in [-0.05, 0) is 18.4 Å². The van der Waals surface area contributed by atoms with E-state index in [0.717, 1.165) is 24.2 Å². The summed E-state index contributed by atoms with van der Waals surface area (Å²) >= 11 is 0. The van der Waals surface area contributed by atoms with E-state index in [2.05, 4.69) is 11.1 Å². The lowest BCUT2D eigenvalue weighted by Gasteiger charge is -2.16. The number of anilines is 1. The zero-order valence-corrected chi connectivity index (χ0v) is 9.63. The van der Waals surface area contributed by atoms with Gasteiger partial charge >= 0.3 is 0 Å². The van der Waals surface area contributed by atoms with E-state index in [1.54, 1.807) is 6.26 Å². The quantitative estimate of drug-likeness (QED) is 0.866. The molecule has 0 bridgehead atoms. The van der Waals surface area contributed by atoms with Crippen LogP contribution in [-0.4, -0.2) is 4.98 Å². The van der Waals surface area contributed by atoms with Gasteiger partial charge in [-0.15, -0.1) is 0 Å². The summed E-state index contributed by atoms with van der Waals surface area (Å²) in [6.07, 6.45) is 12.7. The number of rotatable bonds is 2. The summed E-state index contributed by atoms with van der Waals surface area (Å²) in [7, 11) is 0. The lowest BCUT2D eigenvalue weighted by atomic mass is 10.0. The average molecular weight is 244 g/mol. The summed E-state index contributed by atoms with van der Waals surface area (Å²) < 4.78 is 16.1. The van der Waals surface area contributed by atoms with Gasteiger partial charge in [0.25, 0.3) is 6.01 Å². The minimum atomic E-state index is 0.101. The van der Waals surface area contributed by atoms with E-state index in [1.165, 1.54) is 12.5 Å². The van der Waals surface area contributed by atoms with Crippen molar-refractivity contribution in [2.24, 2.45) is 0 Å². The van der Waals surface area contributed by atoms with Gasteiger partial charge in [0.05, 0.1) is 6.20 Å². The average Bonchev–Trinajstić information content (AvgIpc) is 2.87. The van der Waals surface area contributed by atoms with E-state index in [4.69, 9.17) is 19.6 Å². The highest BCUT2D eigenvalue weighted by Gasteiger charge is 2.17. The van der Waals surface area contributed by atoms with Gasteiger partial charge in [-0.25, -0.2) is 4.98 Å². The van der Waals surface area contributed by atoms with Crippen molar-refractivity contribution < 1.29 is 13.9 Å². The fraction of sp³-hybridized carbons (Fsp3) is 0.154. The van der Waals surface area contributed by atoms with Crippen LogP contribution in [0.1, 0.15) is 18.6 Å². The van der Waals surface area contributed by atoms with Gasteiger partial charge in [-0.3, -0.25) is 0 Å². The highest BCUT2D eigenvalue weighted by molar-refractivity contribution is 5.55. The van der Waals surface area contributed by atoms with Crippen LogP contribution in [0.5, 0.6) is 0 Å². The third-order valence-electron chi connectivity index (χ3n) is 2.68. The second-order valence-electron chi connectivity index (χ2n) is 3.92. The Kier molecular flexibility index (Phi) is 2.64. The number of allylic oxidation sites excluding steroid dienone is 4. The Balaban J connectivity index is 1.74. The molecule has 2 heterocycles. The summed E-state index contributed by atoms with van der Waals surface area (Å²) in [6, 6.07) is 0.101. The number of nitrogens with zero attached hydrogens (tertiary/aromatic N) is 1. The first-order chi connectivity index (χ1) is 8.83. The van der Waals surface area contributed by atoms with Gasteiger partial charge in [0.15, 0.2) is 11.5 Å². The highest BCUT2D eigenvalue weighted by Crippen LogP contribution is 2.28. The molecule has 1 aromatic rings. The van der Waals surface area contributed by atoms with Crippen LogP contribution in [0.2, 0.25) is 0 Å². The molecule has 0 atom stereocenters. The largest absolute Gasteiger partial charge is 0.457 e. The summed E-state index contributed by atoms with van der Waals surface area (Å²) in [6.45, 7) is 0. The number of nitrogens with two attached hydrogens (primary N) is 1. The van der Waals surface area contributed by atoms with Gasteiger partial charge in [0.1, 0.15) is 12.5 Å². The van der Waals surface area contributed by atoms with Crippen molar-refractivity contribution in [2.75, 3.05) is 5.73 Å². The Morgan fingerprint density at radius 1 is 1.17 bits per heavy atom. The summed E-state index contributed by atoms with van der Waals surface area (Å²) in [5.41, 5.74) is 6.51. The van der Waals surface area contributed by atoms with E-state index < -0.39 is 0 Å². The molecule has 1 aliphatic carbocycles. The van der Waals surface area contributed by atoms with Gasteiger partial charge in [-0.1, -0.05) is 18.2 Å². The maximum atomic E-state index is 5.54. The van der Waals surface area contributed by atoms with Crippen LogP contribution in [0, 0.1) is 0 Å². The van der Waals surface area contributed by atoms with E-state index in [-0.39, 0.29) is 6.01 Å². The molecular formula is C13H12N2O3. The molecule has 0 unspecified atom stereocenters. The Bertz CT molecular complexity index is 579. The molecule has 3 rings (SSSR count). The van der Waals surface area contributed by atoms with E-state index >= 15 is 0 Å². The fourth-order valence-electron chi connectivity index (χ4n) is 1.77. The molecule has 0 spiro atoms. The number of ether oxygens (including phenoxy) is 2. The second-order valence-corrected chi connectivity index (χ2v) is 3.92. The van der Waals surface area contributed by atoms with Crippen molar-refractivity contribution in [3.05, 3.63) is 54.0 Å². The number of aromatic nitrogens is 1. The molecular weight excluding hydrogens is 232 g/mol. The molecule has 1 aliphatic heterocycles.